The van der Waals surface area contributed by atoms with E-state index in [2.05, 4.69) is 15.5 Å². The van der Waals surface area contributed by atoms with Crippen LogP contribution in [0.5, 0.6) is 0 Å². The number of sulfone groups is 1. The fourth-order valence-corrected chi connectivity index (χ4v) is 3.68. The Morgan fingerprint density at radius 3 is 2.31 bits per heavy atom. The molecule has 0 saturated heterocycles. The number of anilines is 1. The van der Waals surface area contributed by atoms with E-state index in [0.717, 1.165) is 21.2 Å². The molecule has 0 aliphatic heterocycles. The molecule has 0 saturated carbocycles. The first-order chi connectivity index (χ1) is 13.5. The standard InChI is InChI=1S/C19H23N5O4S/c1-5-13-6-8-14(9-7-13)20-16(25)12-23-18(26)24-15(21-23)10-11-17(22-24)29(27,28)19(2,3)4/h6-11H,5,12H2,1-4H3,(H,20,25). The largest absolute Gasteiger partial charge is 0.367 e. The molecule has 1 N–H and O–H groups in total. The number of aromatic nitrogens is 4. The van der Waals surface area contributed by atoms with Crippen LogP contribution >= 0.6 is 0 Å². The summed E-state index contributed by atoms with van der Waals surface area (Å²) in [5.74, 6) is -0.428. The van der Waals surface area contributed by atoms with Crippen molar-refractivity contribution in [3.05, 3.63) is 52.4 Å². The van der Waals surface area contributed by atoms with E-state index in [-0.39, 0.29) is 17.2 Å². The number of hydrogen-bond donors (Lipinski definition) is 1. The van der Waals surface area contributed by atoms with E-state index in [0.29, 0.717) is 5.69 Å². The Kier molecular flexibility index (Phi) is 5.31. The molecular formula is C19H23N5O4S. The summed E-state index contributed by atoms with van der Waals surface area (Å²) in [6.45, 7) is 6.38. The highest BCUT2D eigenvalue weighted by Crippen LogP contribution is 2.22. The maximum Gasteiger partial charge on any atom is 0.367 e. The van der Waals surface area contributed by atoms with Gasteiger partial charge in [0.05, 0.1) is 4.75 Å². The number of carbonyl (C=O) groups is 1. The first kappa shape index (κ1) is 20.7. The molecule has 0 fully saturated rings. The zero-order valence-electron chi connectivity index (χ0n) is 16.7. The van der Waals surface area contributed by atoms with Crippen molar-refractivity contribution < 1.29 is 13.2 Å². The fraction of sp³-hybridized carbons (Fsp3) is 0.368. The van der Waals surface area contributed by atoms with Crippen molar-refractivity contribution >= 4 is 27.1 Å². The maximum absolute atomic E-state index is 12.6. The summed E-state index contributed by atoms with van der Waals surface area (Å²) in [5, 5.41) is 10.5. The molecule has 2 heterocycles. The summed E-state index contributed by atoms with van der Waals surface area (Å²) in [7, 11) is -3.73. The lowest BCUT2D eigenvalue weighted by molar-refractivity contribution is -0.117. The molecular weight excluding hydrogens is 394 g/mol. The Hall–Kier alpha value is -3.01. The number of carbonyl (C=O) groups excluding carboxylic acids is 1. The van der Waals surface area contributed by atoms with E-state index in [1.807, 2.05) is 19.1 Å². The lowest BCUT2D eigenvalue weighted by Gasteiger charge is -2.17. The van der Waals surface area contributed by atoms with Crippen LogP contribution in [-0.2, 0) is 27.6 Å². The third-order valence-corrected chi connectivity index (χ3v) is 6.82. The molecule has 1 amide bonds. The SMILES string of the molecule is CCc1ccc(NC(=O)Cn2nc3ccc(S(=O)(=O)C(C)(C)C)nn3c2=O)cc1. The fourth-order valence-electron chi connectivity index (χ4n) is 2.61. The highest BCUT2D eigenvalue weighted by molar-refractivity contribution is 7.92. The minimum atomic E-state index is -3.73. The minimum Gasteiger partial charge on any atom is -0.324 e. The molecule has 0 unspecified atom stereocenters. The molecule has 0 bridgehead atoms. The van der Waals surface area contributed by atoms with Gasteiger partial charge in [-0.05, 0) is 57.0 Å². The second-order valence-electron chi connectivity index (χ2n) is 7.60. The second-order valence-corrected chi connectivity index (χ2v) is 10.2. The molecule has 2 aromatic heterocycles. The quantitative estimate of drug-likeness (QED) is 0.675. The zero-order chi connectivity index (χ0) is 21.4. The van der Waals surface area contributed by atoms with Crippen LogP contribution in [0.3, 0.4) is 0 Å². The Morgan fingerprint density at radius 2 is 1.72 bits per heavy atom. The average Bonchev–Trinajstić information content (AvgIpc) is 2.96. The summed E-state index contributed by atoms with van der Waals surface area (Å²) in [4.78, 5) is 24.8. The van der Waals surface area contributed by atoms with E-state index in [9.17, 15) is 18.0 Å². The van der Waals surface area contributed by atoms with E-state index < -0.39 is 26.2 Å². The number of hydrogen-bond acceptors (Lipinski definition) is 6. The minimum absolute atomic E-state index is 0.156. The molecule has 10 heteroatoms. The number of rotatable bonds is 5. The third kappa shape index (κ3) is 4.07. The van der Waals surface area contributed by atoms with Crippen LogP contribution in [0.4, 0.5) is 5.69 Å². The summed E-state index contributed by atoms with van der Waals surface area (Å²) in [5.41, 5.74) is 1.22. The lowest BCUT2D eigenvalue weighted by atomic mass is 10.1. The van der Waals surface area contributed by atoms with Gasteiger partial charge in [-0.2, -0.15) is 4.52 Å². The Morgan fingerprint density at radius 1 is 1.07 bits per heavy atom. The van der Waals surface area contributed by atoms with Crippen LogP contribution < -0.4 is 11.0 Å². The first-order valence-electron chi connectivity index (χ1n) is 9.13. The van der Waals surface area contributed by atoms with Gasteiger partial charge < -0.3 is 5.32 Å². The van der Waals surface area contributed by atoms with Gasteiger partial charge in [0.15, 0.2) is 10.7 Å². The topological polar surface area (TPSA) is 115 Å². The highest BCUT2D eigenvalue weighted by Gasteiger charge is 2.32. The second kappa shape index (κ2) is 7.43. The molecule has 0 atom stereocenters. The van der Waals surface area contributed by atoms with E-state index in [1.165, 1.54) is 12.1 Å². The van der Waals surface area contributed by atoms with Gasteiger partial charge in [0, 0.05) is 5.69 Å². The van der Waals surface area contributed by atoms with Crippen LogP contribution in [-0.4, -0.2) is 38.5 Å². The van der Waals surface area contributed by atoms with Crippen LogP contribution in [0.25, 0.3) is 5.65 Å². The van der Waals surface area contributed by atoms with E-state index >= 15 is 0 Å². The third-order valence-electron chi connectivity index (χ3n) is 4.44. The molecule has 0 aliphatic carbocycles. The first-order valence-corrected chi connectivity index (χ1v) is 10.6. The van der Waals surface area contributed by atoms with E-state index in [1.54, 1.807) is 32.9 Å². The molecule has 1 aromatic carbocycles. The van der Waals surface area contributed by atoms with Gasteiger partial charge in [0.1, 0.15) is 6.54 Å². The molecule has 3 rings (SSSR count). The Labute approximate surface area is 168 Å². The maximum atomic E-state index is 12.6. The van der Waals surface area contributed by atoms with Crippen LogP contribution in [0.15, 0.2) is 46.2 Å². The van der Waals surface area contributed by atoms with Gasteiger partial charge >= 0.3 is 5.69 Å². The van der Waals surface area contributed by atoms with Gasteiger partial charge in [-0.3, -0.25) is 4.79 Å². The average molecular weight is 417 g/mol. The smallest absolute Gasteiger partial charge is 0.324 e. The van der Waals surface area contributed by atoms with Gasteiger partial charge in [-0.1, -0.05) is 19.1 Å². The number of nitrogens with zero attached hydrogens (tertiary/aromatic N) is 4. The number of fused-ring (bicyclic) bond motifs is 1. The summed E-state index contributed by atoms with van der Waals surface area (Å²) in [6, 6.07) is 10.1. The predicted molar refractivity (Wildman–Crippen MR) is 109 cm³/mol. The number of nitrogens with one attached hydrogen (secondary N) is 1. The van der Waals surface area contributed by atoms with Crippen molar-refractivity contribution in [2.75, 3.05) is 5.32 Å². The van der Waals surface area contributed by atoms with Crippen molar-refractivity contribution in [1.82, 2.24) is 19.4 Å². The van der Waals surface area contributed by atoms with Crippen LogP contribution in [0.1, 0.15) is 33.3 Å². The number of amides is 1. The van der Waals surface area contributed by atoms with Crippen molar-refractivity contribution in [1.29, 1.82) is 0 Å². The molecule has 0 radical (unpaired) electrons. The van der Waals surface area contributed by atoms with Crippen molar-refractivity contribution in [3.8, 4) is 0 Å². The van der Waals surface area contributed by atoms with Crippen LogP contribution in [0.2, 0.25) is 0 Å². The monoisotopic (exact) mass is 417 g/mol. The van der Waals surface area contributed by atoms with Gasteiger partial charge in [-0.25, -0.2) is 17.9 Å². The molecule has 9 nitrogen and oxygen atoms in total. The summed E-state index contributed by atoms with van der Waals surface area (Å²) < 4.78 is 25.9. The molecule has 0 spiro atoms. The van der Waals surface area contributed by atoms with Crippen molar-refractivity contribution in [2.45, 2.75) is 50.4 Å². The molecule has 154 valence electrons. The number of aryl methyl sites for hydroxylation is 1. The predicted octanol–water partition coefficient (Wildman–Crippen LogP) is 1.66. The molecule has 3 aromatic rings. The Balaban J connectivity index is 1.86. The summed E-state index contributed by atoms with van der Waals surface area (Å²) in [6.07, 6.45) is 0.894. The summed E-state index contributed by atoms with van der Waals surface area (Å²) >= 11 is 0. The zero-order valence-corrected chi connectivity index (χ0v) is 17.5. The Bertz CT molecular complexity index is 1220. The molecule has 0 aliphatic rings. The highest BCUT2D eigenvalue weighted by atomic mass is 32.2. The number of benzene rings is 1. The van der Waals surface area contributed by atoms with E-state index in [4.69, 9.17) is 0 Å². The normalized spacial score (nSPS) is 12.3. The van der Waals surface area contributed by atoms with Crippen molar-refractivity contribution in [3.63, 3.8) is 0 Å². The van der Waals surface area contributed by atoms with Gasteiger partial charge in [0.2, 0.25) is 15.7 Å². The van der Waals surface area contributed by atoms with Crippen LogP contribution in [0, 0.1) is 0 Å². The van der Waals surface area contributed by atoms with Crippen molar-refractivity contribution in [2.24, 2.45) is 0 Å². The molecule has 29 heavy (non-hydrogen) atoms. The van der Waals surface area contributed by atoms with Gasteiger partial charge in [-0.15, -0.1) is 10.2 Å². The van der Waals surface area contributed by atoms with Gasteiger partial charge in [0.25, 0.3) is 0 Å². The lowest BCUT2D eigenvalue weighted by Crippen LogP contribution is -2.31.